The van der Waals surface area contributed by atoms with Crippen molar-refractivity contribution in [1.82, 2.24) is 5.32 Å². The van der Waals surface area contributed by atoms with Crippen molar-refractivity contribution in [3.63, 3.8) is 0 Å². The van der Waals surface area contributed by atoms with Crippen molar-refractivity contribution in [2.24, 2.45) is 5.92 Å². The third-order valence-corrected chi connectivity index (χ3v) is 2.93. The molecule has 114 valence electrons. The van der Waals surface area contributed by atoms with Crippen LogP contribution in [0.3, 0.4) is 0 Å². The van der Waals surface area contributed by atoms with E-state index in [4.69, 9.17) is 5.11 Å². The molecule has 5 nitrogen and oxygen atoms in total. The largest absolute Gasteiger partial charge is 0.480 e. The molecule has 0 saturated heterocycles. The Labute approximate surface area is 124 Å². The Bertz CT molecular complexity index is 496. The predicted octanol–water partition coefficient (Wildman–Crippen LogP) is 2.24. The first-order valence-electron chi connectivity index (χ1n) is 6.85. The third kappa shape index (κ3) is 6.23. The zero-order chi connectivity index (χ0) is 15.8. The Morgan fingerprint density at radius 2 is 1.76 bits per heavy atom. The molecule has 0 radical (unpaired) electrons. The molecule has 0 aliphatic heterocycles. The van der Waals surface area contributed by atoms with Crippen molar-refractivity contribution in [2.45, 2.75) is 32.4 Å². The predicted molar refractivity (Wildman–Crippen MR) is 80.9 cm³/mol. The van der Waals surface area contributed by atoms with Gasteiger partial charge in [-0.25, -0.2) is 0 Å². The highest BCUT2D eigenvalue weighted by atomic mass is 16.4. The van der Waals surface area contributed by atoms with Gasteiger partial charge in [0.2, 0.25) is 0 Å². The lowest BCUT2D eigenvalue weighted by atomic mass is 10.0. The Morgan fingerprint density at radius 3 is 2.24 bits per heavy atom. The molecule has 0 heterocycles. The zero-order valence-electron chi connectivity index (χ0n) is 12.2. The average Bonchev–Trinajstić information content (AvgIpc) is 2.42. The Morgan fingerprint density at radius 1 is 1.14 bits per heavy atom. The van der Waals surface area contributed by atoms with Crippen LogP contribution in [0.5, 0.6) is 0 Å². The number of carboxylic acids is 2. The molecule has 0 aliphatic rings. The SMILES string of the molecule is CC(C)CC(NC(/C=C/c1ccccc1)C(=O)O)C(=O)O. The van der Waals surface area contributed by atoms with E-state index in [1.165, 1.54) is 6.08 Å². The zero-order valence-corrected chi connectivity index (χ0v) is 12.2. The van der Waals surface area contributed by atoms with Crippen LogP contribution in [0.2, 0.25) is 0 Å². The van der Waals surface area contributed by atoms with Crippen LogP contribution in [0, 0.1) is 5.92 Å². The fraction of sp³-hybridized carbons (Fsp3) is 0.375. The summed E-state index contributed by atoms with van der Waals surface area (Å²) in [6, 6.07) is 7.34. The minimum Gasteiger partial charge on any atom is -0.480 e. The summed E-state index contributed by atoms with van der Waals surface area (Å²) in [4.78, 5) is 22.4. The smallest absolute Gasteiger partial charge is 0.324 e. The minimum atomic E-state index is -1.10. The number of carboxylic acid groups (broad SMARTS) is 2. The summed E-state index contributed by atoms with van der Waals surface area (Å²) in [6.45, 7) is 3.79. The van der Waals surface area contributed by atoms with Crippen LogP contribution in [0.15, 0.2) is 36.4 Å². The number of benzene rings is 1. The van der Waals surface area contributed by atoms with E-state index in [9.17, 15) is 14.7 Å². The molecule has 0 saturated carbocycles. The highest BCUT2D eigenvalue weighted by molar-refractivity contribution is 5.80. The molecule has 2 unspecified atom stereocenters. The highest BCUT2D eigenvalue weighted by Gasteiger charge is 2.24. The van der Waals surface area contributed by atoms with E-state index < -0.39 is 24.0 Å². The van der Waals surface area contributed by atoms with E-state index >= 15 is 0 Å². The maximum atomic E-state index is 11.3. The lowest BCUT2D eigenvalue weighted by Gasteiger charge is -2.19. The number of rotatable bonds is 8. The third-order valence-electron chi connectivity index (χ3n) is 2.93. The van der Waals surface area contributed by atoms with Gasteiger partial charge in [-0.1, -0.05) is 56.3 Å². The van der Waals surface area contributed by atoms with Crippen molar-refractivity contribution >= 4 is 18.0 Å². The summed E-state index contributed by atoms with van der Waals surface area (Å²) in [5.74, 6) is -1.98. The van der Waals surface area contributed by atoms with Gasteiger partial charge in [-0.2, -0.15) is 0 Å². The summed E-state index contributed by atoms with van der Waals surface area (Å²) in [6.07, 6.45) is 3.51. The first-order valence-corrected chi connectivity index (χ1v) is 6.85. The summed E-state index contributed by atoms with van der Waals surface area (Å²) >= 11 is 0. The fourth-order valence-electron chi connectivity index (χ4n) is 1.91. The lowest BCUT2D eigenvalue weighted by Crippen LogP contribution is -2.46. The van der Waals surface area contributed by atoms with Gasteiger partial charge in [-0.05, 0) is 17.9 Å². The number of hydrogen-bond donors (Lipinski definition) is 3. The highest BCUT2D eigenvalue weighted by Crippen LogP contribution is 2.08. The second-order valence-electron chi connectivity index (χ2n) is 5.27. The average molecular weight is 291 g/mol. The molecule has 3 N–H and O–H groups in total. The minimum absolute atomic E-state index is 0.158. The number of nitrogens with one attached hydrogen (secondary N) is 1. The summed E-state index contributed by atoms with van der Waals surface area (Å²) in [7, 11) is 0. The Hall–Kier alpha value is -2.14. The fourth-order valence-corrected chi connectivity index (χ4v) is 1.91. The van der Waals surface area contributed by atoms with Crippen molar-refractivity contribution in [1.29, 1.82) is 0 Å². The molecule has 5 heteroatoms. The van der Waals surface area contributed by atoms with E-state index in [0.717, 1.165) is 5.56 Å². The molecule has 1 aromatic carbocycles. The molecular weight excluding hydrogens is 270 g/mol. The van der Waals surface area contributed by atoms with E-state index in [1.54, 1.807) is 6.08 Å². The van der Waals surface area contributed by atoms with Gasteiger partial charge in [0.15, 0.2) is 0 Å². The first-order chi connectivity index (χ1) is 9.90. The van der Waals surface area contributed by atoms with E-state index in [1.807, 2.05) is 44.2 Å². The molecule has 0 aliphatic carbocycles. The van der Waals surface area contributed by atoms with Gasteiger partial charge in [0, 0.05) is 0 Å². The van der Waals surface area contributed by atoms with Crippen molar-refractivity contribution < 1.29 is 19.8 Å². The molecule has 1 rings (SSSR count). The first kappa shape index (κ1) is 16.9. The van der Waals surface area contributed by atoms with Crippen molar-refractivity contribution in [3.05, 3.63) is 42.0 Å². The van der Waals surface area contributed by atoms with Crippen LogP contribution < -0.4 is 5.32 Å². The topological polar surface area (TPSA) is 86.6 Å². The number of aliphatic carboxylic acids is 2. The molecule has 0 amide bonds. The van der Waals surface area contributed by atoms with Crippen LogP contribution in [0.1, 0.15) is 25.8 Å². The van der Waals surface area contributed by atoms with Crippen LogP contribution >= 0.6 is 0 Å². The van der Waals surface area contributed by atoms with Gasteiger partial charge in [0.1, 0.15) is 12.1 Å². The second-order valence-corrected chi connectivity index (χ2v) is 5.27. The standard InChI is InChI=1S/C16H21NO4/c1-11(2)10-14(16(20)21)17-13(15(18)19)9-8-12-6-4-3-5-7-12/h3-9,11,13-14,17H,10H2,1-2H3,(H,18,19)(H,20,21)/b9-8+. The monoisotopic (exact) mass is 291 g/mol. The molecule has 0 fully saturated rings. The van der Waals surface area contributed by atoms with Gasteiger partial charge in [-0.15, -0.1) is 0 Å². The number of carbonyl (C=O) groups is 2. The molecular formula is C16H21NO4. The summed E-state index contributed by atoms with van der Waals surface area (Å²) in [5, 5.41) is 21.0. The van der Waals surface area contributed by atoms with E-state index in [-0.39, 0.29) is 5.92 Å². The van der Waals surface area contributed by atoms with E-state index in [2.05, 4.69) is 5.32 Å². The van der Waals surface area contributed by atoms with E-state index in [0.29, 0.717) is 6.42 Å². The molecule has 2 atom stereocenters. The van der Waals surface area contributed by atoms with Crippen LogP contribution in [0.4, 0.5) is 0 Å². The normalized spacial score (nSPS) is 14.2. The molecule has 1 aromatic rings. The summed E-state index contributed by atoms with van der Waals surface area (Å²) in [5.41, 5.74) is 0.862. The summed E-state index contributed by atoms with van der Waals surface area (Å²) < 4.78 is 0. The maximum Gasteiger partial charge on any atom is 0.324 e. The van der Waals surface area contributed by atoms with Gasteiger partial charge < -0.3 is 10.2 Å². The molecule has 0 aromatic heterocycles. The van der Waals surface area contributed by atoms with Gasteiger partial charge >= 0.3 is 11.9 Å². The van der Waals surface area contributed by atoms with Gasteiger partial charge in [0.25, 0.3) is 0 Å². The van der Waals surface area contributed by atoms with Crippen LogP contribution in [0.25, 0.3) is 6.08 Å². The van der Waals surface area contributed by atoms with Gasteiger partial charge in [-0.3, -0.25) is 14.9 Å². The van der Waals surface area contributed by atoms with Crippen LogP contribution in [-0.4, -0.2) is 34.2 Å². The lowest BCUT2D eigenvalue weighted by molar-refractivity contribution is -0.142. The van der Waals surface area contributed by atoms with Crippen molar-refractivity contribution in [2.75, 3.05) is 0 Å². The molecule has 21 heavy (non-hydrogen) atoms. The molecule has 0 bridgehead atoms. The van der Waals surface area contributed by atoms with Crippen LogP contribution in [-0.2, 0) is 9.59 Å². The second kappa shape index (κ2) is 8.21. The maximum absolute atomic E-state index is 11.3. The quantitative estimate of drug-likeness (QED) is 0.684. The number of hydrogen-bond acceptors (Lipinski definition) is 3. The Kier molecular flexibility index (Phi) is 6.62. The van der Waals surface area contributed by atoms with Gasteiger partial charge in [0.05, 0.1) is 0 Å². The Balaban J connectivity index is 2.79. The van der Waals surface area contributed by atoms with Crippen molar-refractivity contribution in [3.8, 4) is 0 Å². The molecule has 0 spiro atoms.